The molecule has 0 aliphatic carbocycles. The summed E-state index contributed by atoms with van der Waals surface area (Å²) in [7, 11) is 2.88. The average Bonchev–Trinajstić information content (AvgIpc) is 3.40. The van der Waals surface area contributed by atoms with E-state index in [2.05, 4.69) is 15.5 Å². The number of nitrogens with one attached hydrogen (secondary N) is 2. The molecule has 1 heterocycles. The lowest BCUT2D eigenvalue weighted by Gasteiger charge is -2.11. The van der Waals surface area contributed by atoms with Crippen molar-refractivity contribution in [2.75, 3.05) is 14.2 Å². The summed E-state index contributed by atoms with van der Waals surface area (Å²) >= 11 is 6.49. The zero-order valence-corrected chi connectivity index (χ0v) is 23.9. The smallest absolute Gasteiger partial charge is 0.416 e. The molecule has 0 bridgehead atoms. The van der Waals surface area contributed by atoms with Gasteiger partial charge in [0.15, 0.2) is 11.5 Å². The van der Waals surface area contributed by atoms with Crippen LogP contribution in [0, 0.1) is 0 Å². The van der Waals surface area contributed by atoms with Gasteiger partial charge in [-0.25, -0.2) is 10.2 Å². The van der Waals surface area contributed by atoms with E-state index in [4.69, 9.17) is 25.8 Å². The third kappa shape index (κ3) is 6.37. The fourth-order valence-corrected chi connectivity index (χ4v) is 4.69. The fourth-order valence-electron chi connectivity index (χ4n) is 4.46. The summed E-state index contributed by atoms with van der Waals surface area (Å²) in [6.45, 7) is 0. The standard InChI is InChI=1S/C32H23ClF3N3O5/c1-42-21-11-12-25-23(16-21)28(22-8-3-4-9-24(22)33)29(38-25)30(40)39-37-17-18-10-13-26(27(14-18)43-2)44-31(41)19-6-5-7-20(15-19)32(34,35)36/h3-17,38H,1-2H3,(H,39,40). The summed E-state index contributed by atoms with van der Waals surface area (Å²) in [5, 5.41) is 5.24. The van der Waals surface area contributed by atoms with Crippen LogP contribution in [0.4, 0.5) is 13.2 Å². The molecule has 8 nitrogen and oxygen atoms in total. The number of hydrogen-bond donors (Lipinski definition) is 2. The molecular weight excluding hydrogens is 599 g/mol. The van der Waals surface area contributed by atoms with Crippen LogP contribution in [0.2, 0.25) is 5.02 Å². The highest BCUT2D eigenvalue weighted by Crippen LogP contribution is 2.38. The molecule has 2 N–H and O–H groups in total. The van der Waals surface area contributed by atoms with Gasteiger partial charge in [-0.15, -0.1) is 0 Å². The molecule has 0 saturated heterocycles. The summed E-state index contributed by atoms with van der Waals surface area (Å²) < 4.78 is 55.1. The Balaban J connectivity index is 1.36. The number of hydrazone groups is 1. The van der Waals surface area contributed by atoms with E-state index >= 15 is 0 Å². The lowest BCUT2D eigenvalue weighted by Crippen LogP contribution is -2.19. The number of fused-ring (bicyclic) bond motifs is 1. The summed E-state index contributed by atoms with van der Waals surface area (Å²) in [6, 6.07) is 20.8. The number of aromatic nitrogens is 1. The lowest BCUT2D eigenvalue weighted by atomic mass is 10.0. The van der Waals surface area contributed by atoms with Crippen molar-refractivity contribution < 1.29 is 37.0 Å². The molecule has 0 aliphatic heterocycles. The van der Waals surface area contributed by atoms with Gasteiger partial charge in [0.25, 0.3) is 5.91 Å². The Morgan fingerprint density at radius 2 is 1.70 bits per heavy atom. The van der Waals surface area contributed by atoms with Crippen LogP contribution in [0.1, 0.15) is 32.0 Å². The van der Waals surface area contributed by atoms with Gasteiger partial charge >= 0.3 is 12.1 Å². The fraction of sp³-hybridized carbons (Fsp3) is 0.0938. The predicted octanol–water partition coefficient (Wildman–Crippen LogP) is 7.51. The molecule has 0 aliphatic rings. The van der Waals surface area contributed by atoms with Gasteiger partial charge < -0.3 is 19.2 Å². The Morgan fingerprint density at radius 3 is 2.43 bits per heavy atom. The normalized spacial score (nSPS) is 11.5. The van der Waals surface area contributed by atoms with Gasteiger partial charge in [-0.3, -0.25) is 4.79 Å². The van der Waals surface area contributed by atoms with Crippen molar-refractivity contribution in [3.05, 3.63) is 112 Å². The molecule has 0 unspecified atom stereocenters. The molecular formula is C32H23ClF3N3O5. The SMILES string of the molecule is COc1ccc2[nH]c(C(=O)NN=Cc3ccc(OC(=O)c4cccc(C(F)(F)F)c4)c(OC)c3)c(-c3ccccc3Cl)c2c1. The molecule has 12 heteroatoms. The second-order valence-electron chi connectivity index (χ2n) is 9.34. The number of esters is 1. The van der Waals surface area contributed by atoms with Crippen LogP contribution in [0.3, 0.4) is 0 Å². The zero-order valence-electron chi connectivity index (χ0n) is 23.2. The van der Waals surface area contributed by atoms with E-state index in [1.165, 1.54) is 37.6 Å². The minimum Gasteiger partial charge on any atom is -0.497 e. The number of aromatic amines is 1. The predicted molar refractivity (Wildman–Crippen MR) is 160 cm³/mol. The molecule has 1 aromatic heterocycles. The first-order chi connectivity index (χ1) is 21.1. The first-order valence-electron chi connectivity index (χ1n) is 12.9. The van der Waals surface area contributed by atoms with Crippen molar-refractivity contribution >= 4 is 40.6 Å². The highest BCUT2D eigenvalue weighted by atomic mass is 35.5. The number of carbonyl (C=O) groups excluding carboxylic acids is 2. The number of carbonyl (C=O) groups is 2. The Bertz CT molecular complexity index is 1900. The highest BCUT2D eigenvalue weighted by molar-refractivity contribution is 6.34. The average molecular weight is 622 g/mol. The second-order valence-corrected chi connectivity index (χ2v) is 9.75. The van der Waals surface area contributed by atoms with E-state index in [9.17, 15) is 22.8 Å². The molecule has 5 aromatic rings. The van der Waals surface area contributed by atoms with E-state index < -0.39 is 23.6 Å². The number of benzene rings is 4. The van der Waals surface area contributed by atoms with Gasteiger partial charge in [0.2, 0.25) is 0 Å². The Morgan fingerprint density at radius 1 is 0.909 bits per heavy atom. The van der Waals surface area contributed by atoms with E-state index in [1.54, 1.807) is 43.5 Å². The Labute approximate surface area is 254 Å². The van der Waals surface area contributed by atoms with Crippen molar-refractivity contribution in [1.82, 2.24) is 10.4 Å². The van der Waals surface area contributed by atoms with Crippen molar-refractivity contribution in [3.63, 3.8) is 0 Å². The number of alkyl halides is 3. The molecule has 0 spiro atoms. The summed E-state index contributed by atoms with van der Waals surface area (Å²) in [6.07, 6.45) is -3.26. The number of methoxy groups -OCH3 is 2. The van der Waals surface area contributed by atoms with Crippen molar-refractivity contribution in [2.24, 2.45) is 5.10 Å². The zero-order chi connectivity index (χ0) is 31.4. The topological polar surface area (TPSA) is 102 Å². The van der Waals surface area contributed by atoms with Gasteiger partial charge in [-0.2, -0.15) is 18.3 Å². The summed E-state index contributed by atoms with van der Waals surface area (Å²) in [5.74, 6) is -0.828. The number of nitrogens with zero attached hydrogens (tertiary/aromatic N) is 1. The first kappa shape index (κ1) is 30.2. The Hall–Kier alpha value is -5.29. The number of ether oxygens (including phenoxy) is 3. The van der Waals surface area contributed by atoms with Gasteiger partial charge in [-0.05, 0) is 66.2 Å². The van der Waals surface area contributed by atoms with Gasteiger partial charge in [0.05, 0.1) is 31.6 Å². The van der Waals surface area contributed by atoms with Crippen LogP contribution in [0.5, 0.6) is 17.2 Å². The van der Waals surface area contributed by atoms with Crippen LogP contribution in [0.25, 0.3) is 22.0 Å². The first-order valence-corrected chi connectivity index (χ1v) is 13.3. The van der Waals surface area contributed by atoms with Crippen molar-refractivity contribution in [1.29, 1.82) is 0 Å². The van der Waals surface area contributed by atoms with E-state index in [-0.39, 0.29) is 22.8 Å². The van der Waals surface area contributed by atoms with Crippen LogP contribution in [-0.4, -0.2) is 37.3 Å². The number of amides is 1. The van der Waals surface area contributed by atoms with Crippen molar-refractivity contribution in [3.8, 4) is 28.4 Å². The molecule has 1 amide bonds. The second kappa shape index (κ2) is 12.5. The molecule has 0 atom stereocenters. The minimum absolute atomic E-state index is 0.0195. The van der Waals surface area contributed by atoms with Crippen LogP contribution >= 0.6 is 11.6 Å². The van der Waals surface area contributed by atoms with E-state index in [0.717, 1.165) is 17.5 Å². The van der Waals surface area contributed by atoms with E-state index in [0.29, 0.717) is 39.0 Å². The summed E-state index contributed by atoms with van der Waals surface area (Å²) in [4.78, 5) is 29.0. The maximum absolute atomic E-state index is 13.3. The van der Waals surface area contributed by atoms with Gasteiger partial charge in [0, 0.05) is 27.1 Å². The number of H-pyrrole nitrogens is 1. The summed E-state index contributed by atoms with van der Waals surface area (Å²) in [5.41, 5.74) is 3.85. The minimum atomic E-state index is -4.61. The van der Waals surface area contributed by atoms with Gasteiger partial charge in [0.1, 0.15) is 11.4 Å². The lowest BCUT2D eigenvalue weighted by molar-refractivity contribution is -0.137. The number of halogens is 4. The molecule has 5 rings (SSSR count). The Kier molecular flexibility index (Phi) is 8.59. The van der Waals surface area contributed by atoms with Crippen LogP contribution < -0.4 is 19.6 Å². The molecule has 0 saturated carbocycles. The maximum Gasteiger partial charge on any atom is 0.416 e. The largest absolute Gasteiger partial charge is 0.497 e. The quantitative estimate of drug-likeness (QED) is 0.0808. The van der Waals surface area contributed by atoms with Crippen LogP contribution in [-0.2, 0) is 6.18 Å². The third-order valence-electron chi connectivity index (χ3n) is 6.57. The van der Waals surface area contributed by atoms with Crippen LogP contribution in [0.15, 0.2) is 90.0 Å². The maximum atomic E-state index is 13.3. The number of hydrogen-bond acceptors (Lipinski definition) is 6. The third-order valence-corrected chi connectivity index (χ3v) is 6.90. The molecule has 0 radical (unpaired) electrons. The van der Waals surface area contributed by atoms with E-state index in [1.807, 2.05) is 6.07 Å². The highest BCUT2D eigenvalue weighted by Gasteiger charge is 2.31. The molecule has 4 aromatic carbocycles. The molecule has 44 heavy (non-hydrogen) atoms. The molecule has 0 fully saturated rings. The van der Waals surface area contributed by atoms with Gasteiger partial charge in [-0.1, -0.05) is 35.9 Å². The van der Waals surface area contributed by atoms with Crippen molar-refractivity contribution in [2.45, 2.75) is 6.18 Å². The number of rotatable bonds is 8. The molecule has 224 valence electrons. The monoisotopic (exact) mass is 621 g/mol.